The number of methoxy groups -OCH3 is 1. The first kappa shape index (κ1) is 24.1. The van der Waals surface area contributed by atoms with Crippen LogP contribution in [0, 0.1) is 5.41 Å². The highest BCUT2D eigenvalue weighted by atomic mass is 16.6. The zero-order chi connectivity index (χ0) is 25.8. The number of nitrogens with one attached hydrogen (secondary N) is 2. The highest BCUT2D eigenvalue weighted by Gasteiger charge is 2.23. The lowest BCUT2D eigenvalue weighted by Crippen LogP contribution is -2.50. The van der Waals surface area contributed by atoms with E-state index in [1.807, 2.05) is 0 Å². The number of carbonyl (C=O) groups excluding carboxylic acids is 1. The third-order valence-corrected chi connectivity index (χ3v) is 6.05. The van der Waals surface area contributed by atoms with Gasteiger partial charge in [-0.2, -0.15) is 9.50 Å². The van der Waals surface area contributed by atoms with Crippen molar-refractivity contribution < 1.29 is 18.7 Å². The lowest BCUT2D eigenvalue weighted by Gasteiger charge is -2.34. The van der Waals surface area contributed by atoms with Crippen LogP contribution in [-0.4, -0.2) is 88.1 Å². The minimum absolute atomic E-state index is 0.150. The predicted molar refractivity (Wildman–Crippen MR) is 136 cm³/mol. The lowest BCUT2D eigenvalue weighted by atomic mass is 10.3. The van der Waals surface area contributed by atoms with Gasteiger partial charge in [0.25, 0.3) is 0 Å². The normalized spacial score (nSPS) is 14.0. The smallest absolute Gasteiger partial charge is 0.415 e. The molecule has 0 spiro atoms. The Morgan fingerprint density at radius 3 is 2.59 bits per heavy atom. The van der Waals surface area contributed by atoms with E-state index in [1.165, 1.54) is 17.0 Å². The van der Waals surface area contributed by atoms with Crippen LogP contribution in [0.2, 0.25) is 0 Å². The van der Waals surface area contributed by atoms with Crippen LogP contribution in [0.1, 0.15) is 5.56 Å². The van der Waals surface area contributed by atoms with E-state index in [0.29, 0.717) is 72.8 Å². The maximum atomic E-state index is 12.5. The number of nitrogens with zero attached hydrogens (tertiary/aromatic N) is 6. The fourth-order valence-corrected chi connectivity index (χ4v) is 4.05. The number of benzene rings is 1. The summed E-state index contributed by atoms with van der Waals surface area (Å²) in [6, 6.07) is 10.4. The number of furan rings is 1. The van der Waals surface area contributed by atoms with Gasteiger partial charge in [0.2, 0.25) is 11.8 Å². The Morgan fingerprint density at radius 1 is 1.16 bits per heavy atom. The predicted octanol–water partition coefficient (Wildman–Crippen LogP) is 2.20. The first-order valence-corrected chi connectivity index (χ1v) is 11.7. The fourth-order valence-electron chi connectivity index (χ4n) is 4.05. The molecule has 13 heteroatoms. The number of hydrogen-bond donors (Lipinski definition) is 3. The Bertz CT molecular complexity index is 1380. The Labute approximate surface area is 212 Å². The summed E-state index contributed by atoms with van der Waals surface area (Å²) >= 11 is 0. The average molecular weight is 506 g/mol. The fraction of sp³-hybridized carbons (Fsp3) is 0.292. The zero-order valence-electron chi connectivity index (χ0n) is 20.3. The topological polar surface area (TPSA) is 160 Å². The monoisotopic (exact) mass is 505 g/mol. The molecule has 4 heterocycles. The van der Waals surface area contributed by atoms with E-state index in [0.717, 1.165) is 6.54 Å². The molecule has 0 saturated carbocycles. The third-order valence-electron chi connectivity index (χ3n) is 6.05. The van der Waals surface area contributed by atoms with Crippen molar-refractivity contribution in [2.24, 2.45) is 0 Å². The average Bonchev–Trinajstić information content (AvgIpc) is 3.61. The van der Waals surface area contributed by atoms with E-state index in [-0.39, 0.29) is 12.0 Å². The van der Waals surface area contributed by atoms with E-state index in [1.54, 1.807) is 48.4 Å². The van der Waals surface area contributed by atoms with Crippen LogP contribution >= 0.6 is 0 Å². The molecule has 0 unspecified atom stereocenters. The molecule has 0 radical (unpaired) electrons. The Balaban J connectivity index is 1.15. The van der Waals surface area contributed by atoms with E-state index in [2.05, 4.69) is 25.3 Å². The summed E-state index contributed by atoms with van der Waals surface area (Å²) in [7, 11) is 1.59. The largest absolute Gasteiger partial charge is 0.497 e. The maximum absolute atomic E-state index is 12.5. The zero-order valence-corrected chi connectivity index (χ0v) is 20.3. The number of ether oxygens (including phenoxy) is 2. The molecule has 0 aliphatic carbocycles. The molecule has 4 aromatic rings. The molecule has 5 rings (SSSR count). The second-order valence-corrected chi connectivity index (χ2v) is 8.32. The number of piperazine rings is 1. The summed E-state index contributed by atoms with van der Waals surface area (Å²) in [6.45, 7) is 3.83. The molecule has 1 amide bonds. The van der Waals surface area contributed by atoms with Crippen molar-refractivity contribution in [1.82, 2.24) is 29.4 Å². The first-order chi connectivity index (χ1) is 18.1. The number of hydrogen-bond acceptors (Lipinski definition) is 11. The molecule has 1 fully saturated rings. The van der Waals surface area contributed by atoms with E-state index < -0.39 is 0 Å². The summed E-state index contributed by atoms with van der Waals surface area (Å²) in [5, 5.41) is 15.5. The number of carbonyl (C=O) groups is 1. The van der Waals surface area contributed by atoms with Crippen molar-refractivity contribution >= 4 is 29.7 Å². The van der Waals surface area contributed by atoms with Gasteiger partial charge in [0, 0.05) is 45.5 Å². The van der Waals surface area contributed by atoms with Gasteiger partial charge in [-0.25, -0.2) is 9.78 Å². The molecule has 1 aliphatic heterocycles. The Morgan fingerprint density at radius 2 is 1.92 bits per heavy atom. The van der Waals surface area contributed by atoms with Crippen LogP contribution in [0.5, 0.6) is 11.5 Å². The molecule has 13 nitrogen and oxygen atoms in total. The molecule has 0 bridgehead atoms. The van der Waals surface area contributed by atoms with Crippen LogP contribution in [-0.2, 0) is 0 Å². The number of rotatable bonds is 8. The van der Waals surface area contributed by atoms with Crippen LogP contribution < -0.4 is 20.5 Å². The van der Waals surface area contributed by atoms with Crippen LogP contribution in [0.15, 0.2) is 47.1 Å². The Hall–Kier alpha value is -4.65. The molecule has 1 aromatic carbocycles. The molecule has 4 N–H and O–H groups in total. The van der Waals surface area contributed by atoms with Gasteiger partial charge in [-0.05, 0) is 36.4 Å². The van der Waals surface area contributed by atoms with Crippen molar-refractivity contribution in [3.63, 3.8) is 0 Å². The summed E-state index contributed by atoms with van der Waals surface area (Å²) in [6.07, 6.45) is 2.35. The molecular formula is C24H27N9O4. The second-order valence-electron chi connectivity index (χ2n) is 8.32. The Kier molecular flexibility index (Phi) is 6.85. The highest BCUT2D eigenvalue weighted by Crippen LogP contribution is 2.23. The molecule has 0 atom stereocenters. The van der Waals surface area contributed by atoms with Gasteiger partial charge < -0.3 is 35.3 Å². The van der Waals surface area contributed by atoms with Crippen molar-refractivity contribution in [2.45, 2.75) is 0 Å². The number of nitrogen functional groups attached to an aromatic ring is 1. The molecular weight excluding hydrogens is 478 g/mol. The van der Waals surface area contributed by atoms with Gasteiger partial charge in [0.1, 0.15) is 17.3 Å². The van der Waals surface area contributed by atoms with Crippen LogP contribution in [0.3, 0.4) is 0 Å². The number of amides is 1. The third kappa shape index (κ3) is 5.16. The second kappa shape index (κ2) is 10.5. The summed E-state index contributed by atoms with van der Waals surface area (Å²) in [5.74, 6) is 2.65. The summed E-state index contributed by atoms with van der Waals surface area (Å²) < 4.78 is 17.4. The van der Waals surface area contributed by atoms with Crippen molar-refractivity contribution in [1.29, 1.82) is 5.41 Å². The van der Waals surface area contributed by atoms with E-state index in [9.17, 15) is 4.79 Å². The highest BCUT2D eigenvalue weighted by molar-refractivity contribution is 5.93. The first-order valence-electron chi connectivity index (χ1n) is 11.7. The van der Waals surface area contributed by atoms with E-state index in [4.69, 9.17) is 25.0 Å². The molecule has 192 valence electrons. The summed E-state index contributed by atoms with van der Waals surface area (Å²) in [5.41, 5.74) is 7.01. The van der Waals surface area contributed by atoms with Gasteiger partial charge in [-0.1, -0.05) is 0 Å². The number of aromatic nitrogens is 4. The number of nitrogens with two attached hydrogens (primary N) is 1. The molecule has 3 aromatic heterocycles. The molecule has 37 heavy (non-hydrogen) atoms. The quantitative estimate of drug-likeness (QED) is 0.303. The summed E-state index contributed by atoms with van der Waals surface area (Å²) in [4.78, 5) is 25.3. The van der Waals surface area contributed by atoms with Gasteiger partial charge in [0.15, 0.2) is 11.4 Å². The van der Waals surface area contributed by atoms with Gasteiger partial charge >= 0.3 is 6.09 Å². The van der Waals surface area contributed by atoms with Crippen LogP contribution in [0.25, 0.3) is 17.2 Å². The van der Waals surface area contributed by atoms with Crippen molar-refractivity contribution in [2.75, 3.05) is 57.4 Å². The van der Waals surface area contributed by atoms with Gasteiger partial charge in [-0.15, -0.1) is 5.10 Å². The maximum Gasteiger partial charge on any atom is 0.415 e. The van der Waals surface area contributed by atoms with Crippen molar-refractivity contribution in [3.8, 4) is 23.1 Å². The number of fused-ring (bicyclic) bond motifs is 1. The molecule has 1 aliphatic rings. The van der Waals surface area contributed by atoms with Crippen molar-refractivity contribution in [3.05, 3.63) is 48.2 Å². The SMILES string of the molecule is COc1ccc(OC(=O)N2CCN(CCNc3nc(N)n4nc(-c5ccco5)nc4c3C=N)CC2)cc1. The lowest BCUT2D eigenvalue weighted by molar-refractivity contribution is 0.112. The van der Waals surface area contributed by atoms with Crippen LogP contribution in [0.4, 0.5) is 16.6 Å². The minimum Gasteiger partial charge on any atom is -0.497 e. The molecule has 1 saturated heterocycles. The van der Waals surface area contributed by atoms with E-state index >= 15 is 0 Å². The van der Waals surface area contributed by atoms with Gasteiger partial charge in [0.05, 0.1) is 18.9 Å². The standard InChI is InChI=1S/C24H27N9O4/c1-35-16-4-6-17(7-5-16)37-24(34)32-12-10-31(11-13-32)9-8-27-20-18(15-25)22-28-21(19-3-2-14-36-19)30-33(22)23(26)29-20/h2-7,14-15,25,27H,8-13H2,1H3,(H2,26,29). The number of anilines is 2. The van der Waals surface area contributed by atoms with Gasteiger partial charge in [-0.3, -0.25) is 4.90 Å². The minimum atomic E-state index is -0.367.